The summed E-state index contributed by atoms with van der Waals surface area (Å²) in [6.45, 7) is 1.93. The van der Waals surface area contributed by atoms with Gasteiger partial charge in [-0.1, -0.05) is 24.3 Å². The number of benzene rings is 2. The molecule has 174 valence electrons. The standard InChI is InChI=1S/C26H25FN4O3/c27-21-5-1-4-20(14-21)18-34-22-9-7-19(8-10-22)16-30(17-23-6-2-13-33-23)26(32)24-15-29-31-12-3-11-28-25(24)31/h1,3-5,7-12,14-15,23H,2,6,13,16-18H2. The molecule has 0 aliphatic carbocycles. The van der Waals surface area contributed by atoms with Crippen molar-refractivity contribution in [1.29, 1.82) is 0 Å². The zero-order valence-electron chi connectivity index (χ0n) is 18.6. The third kappa shape index (κ3) is 5.07. The molecule has 3 heterocycles. The predicted octanol–water partition coefficient (Wildman–Crippen LogP) is 4.27. The minimum Gasteiger partial charge on any atom is -0.489 e. The van der Waals surface area contributed by atoms with Gasteiger partial charge in [0, 0.05) is 32.1 Å². The van der Waals surface area contributed by atoms with Crippen molar-refractivity contribution >= 4 is 11.6 Å². The number of nitrogens with zero attached hydrogens (tertiary/aromatic N) is 4. The van der Waals surface area contributed by atoms with Gasteiger partial charge in [-0.3, -0.25) is 4.79 Å². The van der Waals surface area contributed by atoms with E-state index in [0.29, 0.717) is 30.0 Å². The summed E-state index contributed by atoms with van der Waals surface area (Å²) >= 11 is 0. The third-order valence-corrected chi connectivity index (χ3v) is 5.84. The molecule has 1 atom stereocenters. The number of aromatic nitrogens is 3. The number of halogens is 1. The summed E-state index contributed by atoms with van der Waals surface area (Å²) in [6, 6.07) is 15.7. The summed E-state index contributed by atoms with van der Waals surface area (Å²) in [7, 11) is 0. The molecule has 0 saturated carbocycles. The molecule has 0 N–H and O–H groups in total. The van der Waals surface area contributed by atoms with Crippen molar-refractivity contribution in [2.24, 2.45) is 0 Å². The normalized spacial score (nSPS) is 15.5. The van der Waals surface area contributed by atoms with E-state index in [1.807, 2.05) is 30.3 Å². The van der Waals surface area contributed by atoms with E-state index in [0.717, 1.165) is 30.6 Å². The predicted molar refractivity (Wildman–Crippen MR) is 124 cm³/mol. The Morgan fingerprint density at radius 3 is 2.85 bits per heavy atom. The van der Waals surface area contributed by atoms with Gasteiger partial charge < -0.3 is 14.4 Å². The fourth-order valence-corrected chi connectivity index (χ4v) is 4.11. The van der Waals surface area contributed by atoms with Crippen LogP contribution in [0.25, 0.3) is 5.65 Å². The Hall–Kier alpha value is -3.78. The minimum atomic E-state index is -0.283. The van der Waals surface area contributed by atoms with Crippen molar-refractivity contribution in [3.63, 3.8) is 0 Å². The molecule has 1 amide bonds. The molecule has 8 heteroatoms. The molecule has 1 saturated heterocycles. The van der Waals surface area contributed by atoms with Crippen molar-refractivity contribution in [1.82, 2.24) is 19.5 Å². The van der Waals surface area contributed by atoms with Crippen molar-refractivity contribution in [3.8, 4) is 5.75 Å². The highest BCUT2D eigenvalue weighted by atomic mass is 19.1. The Kier molecular flexibility index (Phi) is 6.49. The van der Waals surface area contributed by atoms with Gasteiger partial charge in [-0.2, -0.15) is 5.10 Å². The Morgan fingerprint density at radius 1 is 1.18 bits per heavy atom. The highest BCUT2D eigenvalue weighted by Gasteiger charge is 2.26. The number of fused-ring (bicyclic) bond motifs is 1. The summed E-state index contributed by atoms with van der Waals surface area (Å²) in [5, 5.41) is 4.26. The first-order valence-electron chi connectivity index (χ1n) is 11.3. The Bertz CT molecular complexity index is 1270. The molecule has 34 heavy (non-hydrogen) atoms. The number of hydrogen-bond acceptors (Lipinski definition) is 5. The smallest absolute Gasteiger partial charge is 0.259 e. The van der Waals surface area contributed by atoms with Gasteiger partial charge in [0.25, 0.3) is 5.91 Å². The maximum Gasteiger partial charge on any atom is 0.259 e. The van der Waals surface area contributed by atoms with E-state index in [2.05, 4.69) is 10.1 Å². The van der Waals surface area contributed by atoms with Crippen LogP contribution in [0.3, 0.4) is 0 Å². The number of carbonyl (C=O) groups is 1. The molecule has 0 radical (unpaired) electrons. The maximum atomic E-state index is 13.5. The number of carbonyl (C=O) groups excluding carboxylic acids is 1. The van der Waals surface area contributed by atoms with E-state index in [-0.39, 0.29) is 24.4 Å². The monoisotopic (exact) mass is 460 g/mol. The Morgan fingerprint density at radius 2 is 2.06 bits per heavy atom. The van der Waals surface area contributed by atoms with Crippen molar-refractivity contribution in [2.75, 3.05) is 13.2 Å². The van der Waals surface area contributed by atoms with Gasteiger partial charge in [0.05, 0.1) is 12.3 Å². The van der Waals surface area contributed by atoms with Crippen molar-refractivity contribution < 1.29 is 18.7 Å². The fourth-order valence-electron chi connectivity index (χ4n) is 4.11. The average molecular weight is 461 g/mol. The minimum absolute atomic E-state index is 0.0209. The summed E-state index contributed by atoms with van der Waals surface area (Å²) in [4.78, 5) is 19.6. The second-order valence-corrected chi connectivity index (χ2v) is 8.33. The zero-order valence-corrected chi connectivity index (χ0v) is 18.6. The lowest BCUT2D eigenvalue weighted by Crippen LogP contribution is -2.37. The Labute approximate surface area is 196 Å². The summed E-state index contributed by atoms with van der Waals surface area (Å²) in [5.74, 6) is 0.265. The second-order valence-electron chi connectivity index (χ2n) is 8.33. The van der Waals surface area contributed by atoms with E-state index in [9.17, 15) is 9.18 Å². The topological polar surface area (TPSA) is 69.0 Å². The second kappa shape index (κ2) is 10.0. The number of amides is 1. The number of ether oxygens (including phenoxy) is 2. The van der Waals surface area contributed by atoms with E-state index >= 15 is 0 Å². The maximum absolute atomic E-state index is 13.5. The van der Waals surface area contributed by atoms with Gasteiger partial charge in [-0.05, 0) is 54.3 Å². The first kappa shape index (κ1) is 22.0. The Balaban J connectivity index is 1.30. The quantitative estimate of drug-likeness (QED) is 0.393. The SMILES string of the molecule is O=C(c1cnn2cccnc12)N(Cc1ccc(OCc2cccc(F)c2)cc1)CC1CCCO1. The van der Waals surface area contributed by atoms with Crippen LogP contribution in [-0.2, 0) is 17.9 Å². The van der Waals surface area contributed by atoms with Gasteiger partial charge in [0.1, 0.15) is 23.7 Å². The molecule has 1 unspecified atom stereocenters. The molecule has 4 aromatic rings. The van der Waals surface area contributed by atoms with Crippen LogP contribution in [0.5, 0.6) is 5.75 Å². The lowest BCUT2D eigenvalue weighted by molar-refractivity contribution is 0.0508. The summed E-state index contributed by atoms with van der Waals surface area (Å²) < 4.78 is 26.5. The van der Waals surface area contributed by atoms with Crippen molar-refractivity contribution in [3.05, 3.63) is 95.7 Å². The summed E-state index contributed by atoms with van der Waals surface area (Å²) in [6.07, 6.45) is 6.95. The molecule has 1 fully saturated rings. The molecule has 5 rings (SSSR count). The molecular formula is C26H25FN4O3. The van der Waals surface area contributed by atoms with Gasteiger partial charge in [0.15, 0.2) is 5.65 Å². The van der Waals surface area contributed by atoms with Crippen LogP contribution in [-0.4, -0.2) is 44.7 Å². The molecule has 2 aromatic carbocycles. The average Bonchev–Trinajstić information content (AvgIpc) is 3.53. The number of rotatable bonds is 8. The number of hydrogen-bond donors (Lipinski definition) is 0. The van der Waals surface area contributed by atoms with Crippen LogP contribution >= 0.6 is 0 Å². The molecule has 1 aliphatic heterocycles. The van der Waals surface area contributed by atoms with Gasteiger partial charge in [0.2, 0.25) is 0 Å². The van der Waals surface area contributed by atoms with Crippen LogP contribution in [0, 0.1) is 5.82 Å². The highest BCUT2D eigenvalue weighted by Crippen LogP contribution is 2.21. The first-order valence-corrected chi connectivity index (χ1v) is 11.3. The van der Waals surface area contributed by atoms with Gasteiger partial charge in [-0.25, -0.2) is 13.9 Å². The lowest BCUT2D eigenvalue weighted by atomic mass is 10.1. The first-order chi connectivity index (χ1) is 16.7. The van der Waals surface area contributed by atoms with E-state index < -0.39 is 0 Å². The molecule has 1 aliphatic rings. The van der Waals surface area contributed by atoms with Crippen LogP contribution in [0.4, 0.5) is 4.39 Å². The largest absolute Gasteiger partial charge is 0.489 e. The van der Waals surface area contributed by atoms with Gasteiger partial charge in [-0.15, -0.1) is 0 Å². The van der Waals surface area contributed by atoms with Crippen LogP contribution in [0.2, 0.25) is 0 Å². The van der Waals surface area contributed by atoms with E-state index in [1.165, 1.54) is 12.1 Å². The van der Waals surface area contributed by atoms with E-state index in [4.69, 9.17) is 9.47 Å². The third-order valence-electron chi connectivity index (χ3n) is 5.84. The molecule has 7 nitrogen and oxygen atoms in total. The lowest BCUT2D eigenvalue weighted by Gasteiger charge is -2.25. The van der Waals surface area contributed by atoms with Crippen molar-refractivity contribution in [2.45, 2.75) is 32.1 Å². The molecule has 0 spiro atoms. The highest BCUT2D eigenvalue weighted by molar-refractivity contribution is 5.99. The van der Waals surface area contributed by atoms with Gasteiger partial charge >= 0.3 is 0 Å². The fraction of sp³-hybridized carbons (Fsp3) is 0.269. The van der Waals surface area contributed by atoms with Crippen LogP contribution < -0.4 is 4.74 Å². The zero-order chi connectivity index (χ0) is 23.3. The molecule has 0 bridgehead atoms. The van der Waals surface area contributed by atoms with Crippen LogP contribution in [0.15, 0.2) is 73.2 Å². The molecule has 2 aromatic heterocycles. The molecular weight excluding hydrogens is 435 g/mol. The van der Waals surface area contributed by atoms with Crippen LogP contribution in [0.1, 0.15) is 34.3 Å². The van der Waals surface area contributed by atoms with E-state index in [1.54, 1.807) is 40.1 Å². The summed E-state index contributed by atoms with van der Waals surface area (Å²) in [5.41, 5.74) is 2.73.